The Kier molecular flexibility index (Phi) is 4.79. The molecule has 0 aromatic heterocycles. The van der Waals surface area contributed by atoms with E-state index in [-0.39, 0.29) is 17.9 Å². The van der Waals surface area contributed by atoms with Gasteiger partial charge in [-0.2, -0.15) is 0 Å². The Morgan fingerprint density at radius 3 is 2.47 bits per heavy atom. The zero-order valence-electron chi connectivity index (χ0n) is 9.66. The highest BCUT2D eigenvalue weighted by Crippen LogP contribution is 2.24. The average molecular weight is 211 g/mol. The monoisotopic (exact) mass is 211 g/mol. The van der Waals surface area contributed by atoms with Crippen LogP contribution < -0.4 is 5.32 Å². The smallest absolute Gasteiger partial charge is 0.223 e. The molecule has 0 heterocycles. The van der Waals surface area contributed by atoms with Gasteiger partial charge in [0.25, 0.3) is 0 Å². The third kappa shape index (κ3) is 4.02. The van der Waals surface area contributed by atoms with Crippen LogP contribution in [0.4, 0.5) is 0 Å². The van der Waals surface area contributed by atoms with Crippen molar-refractivity contribution in [2.45, 2.75) is 52.0 Å². The summed E-state index contributed by atoms with van der Waals surface area (Å²) in [6, 6.07) is -0.293. The third-order valence-corrected chi connectivity index (χ3v) is 2.94. The number of hydrogen-bond acceptors (Lipinski definition) is 2. The molecule has 86 valence electrons. The van der Waals surface area contributed by atoms with Gasteiger partial charge >= 0.3 is 0 Å². The normalized spacial score (nSPS) is 19.1. The minimum absolute atomic E-state index is 0.0743. The van der Waals surface area contributed by atoms with Crippen LogP contribution in [0.1, 0.15) is 46.0 Å². The highest BCUT2D eigenvalue weighted by molar-refractivity contribution is 5.81. The Morgan fingerprint density at radius 1 is 1.40 bits per heavy atom. The molecule has 1 aliphatic carbocycles. The summed E-state index contributed by atoms with van der Waals surface area (Å²) in [7, 11) is 0. The maximum Gasteiger partial charge on any atom is 0.223 e. The van der Waals surface area contributed by atoms with Gasteiger partial charge in [-0.15, -0.1) is 0 Å². The van der Waals surface area contributed by atoms with Gasteiger partial charge in [0.2, 0.25) is 5.91 Å². The standard InChI is InChI=1S/C12H21NO2/c1-9(2)7-11(8-14)13-12(15)10-5-3-4-6-10/h8-11H,3-7H2,1-2H3,(H,13,15). The lowest BCUT2D eigenvalue weighted by Gasteiger charge is -2.17. The molecule has 0 bridgehead atoms. The molecule has 1 amide bonds. The molecule has 1 aliphatic rings. The molecule has 0 spiro atoms. The number of hydrogen-bond donors (Lipinski definition) is 1. The molecule has 1 fully saturated rings. The molecule has 0 saturated heterocycles. The summed E-state index contributed by atoms with van der Waals surface area (Å²) in [4.78, 5) is 22.5. The maximum atomic E-state index is 11.7. The molecule has 1 N–H and O–H groups in total. The van der Waals surface area contributed by atoms with E-state index in [0.717, 1.165) is 38.4 Å². The first-order valence-corrected chi connectivity index (χ1v) is 5.89. The topological polar surface area (TPSA) is 46.2 Å². The van der Waals surface area contributed by atoms with E-state index >= 15 is 0 Å². The van der Waals surface area contributed by atoms with Crippen molar-refractivity contribution in [1.82, 2.24) is 5.32 Å². The summed E-state index contributed by atoms with van der Waals surface area (Å²) in [6.45, 7) is 4.11. The van der Waals surface area contributed by atoms with Gasteiger partial charge in [0.15, 0.2) is 0 Å². The summed E-state index contributed by atoms with van der Waals surface area (Å²) in [5.41, 5.74) is 0. The van der Waals surface area contributed by atoms with Crippen molar-refractivity contribution in [2.75, 3.05) is 0 Å². The van der Waals surface area contributed by atoms with Crippen LogP contribution in [-0.4, -0.2) is 18.2 Å². The van der Waals surface area contributed by atoms with Crippen molar-refractivity contribution in [3.63, 3.8) is 0 Å². The van der Waals surface area contributed by atoms with E-state index in [1.807, 2.05) is 0 Å². The summed E-state index contributed by atoms with van der Waals surface area (Å²) in [5.74, 6) is 0.661. The van der Waals surface area contributed by atoms with Gasteiger partial charge in [0, 0.05) is 5.92 Å². The number of carbonyl (C=O) groups excluding carboxylic acids is 2. The fraction of sp³-hybridized carbons (Fsp3) is 0.833. The number of nitrogens with one attached hydrogen (secondary N) is 1. The predicted molar refractivity (Wildman–Crippen MR) is 59.4 cm³/mol. The van der Waals surface area contributed by atoms with Crippen LogP contribution >= 0.6 is 0 Å². The number of aldehydes is 1. The van der Waals surface area contributed by atoms with Crippen LogP contribution in [0.5, 0.6) is 0 Å². The number of carbonyl (C=O) groups is 2. The Labute approximate surface area is 91.6 Å². The lowest BCUT2D eigenvalue weighted by Crippen LogP contribution is -2.39. The number of amides is 1. The summed E-state index contributed by atoms with van der Waals surface area (Å²) in [6.07, 6.45) is 5.86. The molecule has 0 aromatic carbocycles. The van der Waals surface area contributed by atoms with E-state index < -0.39 is 0 Å². The van der Waals surface area contributed by atoms with Gasteiger partial charge in [0.1, 0.15) is 6.29 Å². The third-order valence-electron chi connectivity index (χ3n) is 2.94. The quantitative estimate of drug-likeness (QED) is 0.706. The second-order valence-corrected chi connectivity index (χ2v) is 4.86. The first kappa shape index (κ1) is 12.2. The Balaban J connectivity index is 2.36. The zero-order valence-corrected chi connectivity index (χ0v) is 9.66. The van der Waals surface area contributed by atoms with Crippen molar-refractivity contribution in [3.05, 3.63) is 0 Å². The molecule has 0 radical (unpaired) electrons. The second kappa shape index (κ2) is 5.89. The van der Waals surface area contributed by atoms with Crippen molar-refractivity contribution in [2.24, 2.45) is 11.8 Å². The molecule has 1 atom stereocenters. The van der Waals surface area contributed by atoms with Crippen molar-refractivity contribution >= 4 is 12.2 Å². The lowest BCUT2D eigenvalue weighted by molar-refractivity contribution is -0.127. The van der Waals surface area contributed by atoms with E-state index in [4.69, 9.17) is 0 Å². The lowest BCUT2D eigenvalue weighted by atomic mass is 10.0. The summed E-state index contributed by atoms with van der Waals surface area (Å²) in [5, 5.41) is 2.83. The van der Waals surface area contributed by atoms with E-state index in [0.29, 0.717) is 5.92 Å². The predicted octanol–water partition coefficient (Wildman–Crippen LogP) is 1.91. The molecule has 3 heteroatoms. The Bertz CT molecular complexity index is 220. The molecule has 1 saturated carbocycles. The minimum Gasteiger partial charge on any atom is -0.346 e. The van der Waals surface area contributed by atoms with Gasteiger partial charge in [-0.25, -0.2) is 0 Å². The average Bonchev–Trinajstić information content (AvgIpc) is 2.68. The zero-order chi connectivity index (χ0) is 11.3. The first-order valence-electron chi connectivity index (χ1n) is 5.89. The van der Waals surface area contributed by atoms with Crippen LogP contribution in [-0.2, 0) is 9.59 Å². The van der Waals surface area contributed by atoms with Crippen molar-refractivity contribution < 1.29 is 9.59 Å². The van der Waals surface area contributed by atoms with Gasteiger partial charge in [-0.3, -0.25) is 4.79 Å². The van der Waals surface area contributed by atoms with E-state index in [9.17, 15) is 9.59 Å². The fourth-order valence-corrected chi connectivity index (χ4v) is 2.14. The van der Waals surface area contributed by atoms with Crippen LogP contribution in [0, 0.1) is 11.8 Å². The highest BCUT2D eigenvalue weighted by Gasteiger charge is 2.24. The summed E-state index contributed by atoms with van der Waals surface area (Å²) < 4.78 is 0. The van der Waals surface area contributed by atoms with Crippen molar-refractivity contribution in [3.8, 4) is 0 Å². The molecular weight excluding hydrogens is 190 g/mol. The Hall–Kier alpha value is -0.860. The molecule has 0 aliphatic heterocycles. The molecule has 3 nitrogen and oxygen atoms in total. The largest absolute Gasteiger partial charge is 0.346 e. The van der Waals surface area contributed by atoms with Gasteiger partial charge in [-0.05, 0) is 25.2 Å². The maximum absolute atomic E-state index is 11.7. The summed E-state index contributed by atoms with van der Waals surface area (Å²) >= 11 is 0. The number of rotatable bonds is 5. The molecule has 0 aromatic rings. The van der Waals surface area contributed by atoms with Crippen LogP contribution in [0.3, 0.4) is 0 Å². The van der Waals surface area contributed by atoms with Crippen LogP contribution in [0.25, 0.3) is 0 Å². The van der Waals surface area contributed by atoms with E-state index in [2.05, 4.69) is 19.2 Å². The van der Waals surface area contributed by atoms with E-state index in [1.165, 1.54) is 0 Å². The van der Waals surface area contributed by atoms with Crippen molar-refractivity contribution in [1.29, 1.82) is 0 Å². The van der Waals surface area contributed by atoms with Gasteiger partial charge in [-0.1, -0.05) is 26.7 Å². The molecular formula is C12H21NO2. The molecule has 15 heavy (non-hydrogen) atoms. The fourth-order valence-electron chi connectivity index (χ4n) is 2.14. The van der Waals surface area contributed by atoms with E-state index in [1.54, 1.807) is 0 Å². The van der Waals surface area contributed by atoms with Gasteiger partial charge < -0.3 is 10.1 Å². The SMILES string of the molecule is CC(C)CC(C=O)NC(=O)C1CCCC1. The van der Waals surface area contributed by atoms with Crippen LogP contribution in [0.15, 0.2) is 0 Å². The highest BCUT2D eigenvalue weighted by atomic mass is 16.2. The first-order chi connectivity index (χ1) is 7.13. The second-order valence-electron chi connectivity index (χ2n) is 4.86. The van der Waals surface area contributed by atoms with Crippen LogP contribution in [0.2, 0.25) is 0 Å². The minimum atomic E-state index is -0.293. The molecule has 1 unspecified atom stereocenters. The molecule has 1 rings (SSSR count). The van der Waals surface area contributed by atoms with Gasteiger partial charge in [0.05, 0.1) is 6.04 Å². The Morgan fingerprint density at radius 2 is 2.00 bits per heavy atom.